The van der Waals surface area contributed by atoms with Gasteiger partial charge >= 0.3 is 6.55 Å². The Hall–Kier alpha value is -4.33. The normalized spacial score (nSPS) is 14.3. The second kappa shape index (κ2) is 9.52. The summed E-state index contributed by atoms with van der Waals surface area (Å²) >= 11 is 6.05. The first-order valence-electron chi connectivity index (χ1n) is 11.6. The molecule has 0 N–H and O–H groups in total. The van der Waals surface area contributed by atoms with Gasteiger partial charge in [0.15, 0.2) is 12.0 Å². The SMILES string of the molecule is [O-][n+]1cc(-c2c(-n3cnnn3)ccc(Cl)c2F)ccc1[C@H](CC1CC1)n1cc(-c2cnn(C(F)F)n2)cn1. The lowest BCUT2D eigenvalue weighted by atomic mass is 10.0. The summed E-state index contributed by atoms with van der Waals surface area (Å²) in [5.74, 6) is -0.292. The van der Waals surface area contributed by atoms with E-state index in [1.807, 2.05) is 0 Å². The average Bonchev–Trinajstić information content (AvgIpc) is 3.32. The fourth-order valence-corrected chi connectivity index (χ4v) is 4.51. The Morgan fingerprint density at radius 2 is 1.95 bits per heavy atom. The number of hydrogen-bond acceptors (Lipinski definition) is 7. The molecule has 1 saturated carbocycles. The maximum atomic E-state index is 15.2. The van der Waals surface area contributed by atoms with Crippen molar-refractivity contribution in [2.45, 2.75) is 31.9 Å². The molecule has 194 valence electrons. The van der Waals surface area contributed by atoms with Crippen LogP contribution in [0.25, 0.3) is 28.1 Å². The first-order chi connectivity index (χ1) is 18.4. The van der Waals surface area contributed by atoms with Gasteiger partial charge in [0.1, 0.15) is 18.1 Å². The van der Waals surface area contributed by atoms with Gasteiger partial charge in [-0.1, -0.05) is 24.4 Å². The van der Waals surface area contributed by atoms with Crippen LogP contribution in [0.4, 0.5) is 13.2 Å². The Morgan fingerprint density at radius 1 is 1.11 bits per heavy atom. The third-order valence-corrected chi connectivity index (χ3v) is 6.69. The van der Waals surface area contributed by atoms with Crippen LogP contribution in [0.3, 0.4) is 0 Å². The summed E-state index contributed by atoms with van der Waals surface area (Å²) in [7, 11) is 0. The topological polar surface area (TPSA) is 119 Å². The van der Waals surface area contributed by atoms with Gasteiger partial charge in [-0.25, -0.2) is 4.39 Å². The number of tetrazole rings is 1. The molecule has 15 heteroatoms. The lowest BCUT2D eigenvalue weighted by molar-refractivity contribution is -0.615. The number of alkyl halides is 2. The number of aromatic nitrogens is 10. The fourth-order valence-electron chi connectivity index (χ4n) is 4.35. The Morgan fingerprint density at radius 3 is 2.63 bits per heavy atom. The highest BCUT2D eigenvalue weighted by atomic mass is 35.5. The molecule has 1 fully saturated rings. The van der Waals surface area contributed by atoms with Crippen LogP contribution in [0, 0.1) is 16.9 Å². The highest BCUT2D eigenvalue weighted by Gasteiger charge is 2.32. The molecule has 4 aromatic heterocycles. The van der Waals surface area contributed by atoms with E-state index in [2.05, 4.69) is 30.8 Å². The maximum Gasteiger partial charge on any atom is 0.348 e. The van der Waals surface area contributed by atoms with Crippen molar-refractivity contribution in [3.05, 3.63) is 77.1 Å². The molecule has 4 heterocycles. The quantitative estimate of drug-likeness (QED) is 0.215. The molecule has 5 aromatic rings. The Labute approximate surface area is 217 Å². The van der Waals surface area contributed by atoms with E-state index >= 15 is 4.39 Å². The molecule has 6 rings (SSSR count). The van der Waals surface area contributed by atoms with Crippen LogP contribution in [-0.4, -0.2) is 45.0 Å². The van der Waals surface area contributed by atoms with E-state index < -0.39 is 18.4 Å². The molecule has 0 amide bonds. The zero-order valence-corrected chi connectivity index (χ0v) is 20.2. The summed E-state index contributed by atoms with van der Waals surface area (Å²) in [5.41, 5.74) is 1.77. The zero-order chi connectivity index (χ0) is 26.4. The molecule has 0 unspecified atom stereocenters. The van der Waals surface area contributed by atoms with E-state index in [1.165, 1.54) is 35.7 Å². The van der Waals surface area contributed by atoms with Crippen molar-refractivity contribution in [2.75, 3.05) is 0 Å². The third kappa shape index (κ3) is 4.47. The Balaban J connectivity index is 1.38. The first-order valence-corrected chi connectivity index (χ1v) is 12.0. The summed E-state index contributed by atoms with van der Waals surface area (Å²) < 4.78 is 44.6. The standard InChI is InChI=1S/C23H18ClF3N10O/c24-16-4-6-19(35-12-28-32-33-35)21(22(16)25)14-3-5-18(36(38)11-14)20(7-13-1-2-13)34-10-15(8-29-34)17-9-30-37(31-17)23(26)27/h3-6,8-13,20,23H,1-2,7H2/t20-/m0/s1. The van der Waals surface area contributed by atoms with Gasteiger partial charge < -0.3 is 5.21 Å². The van der Waals surface area contributed by atoms with Gasteiger partial charge in [0, 0.05) is 17.8 Å². The molecule has 1 aromatic carbocycles. The van der Waals surface area contributed by atoms with E-state index in [4.69, 9.17) is 11.6 Å². The van der Waals surface area contributed by atoms with E-state index in [1.54, 1.807) is 29.1 Å². The van der Waals surface area contributed by atoms with E-state index in [9.17, 15) is 14.0 Å². The van der Waals surface area contributed by atoms with Crippen LogP contribution < -0.4 is 4.73 Å². The van der Waals surface area contributed by atoms with Crippen LogP contribution in [0.2, 0.25) is 5.02 Å². The van der Waals surface area contributed by atoms with Crippen molar-refractivity contribution >= 4 is 11.6 Å². The fraction of sp³-hybridized carbons (Fsp3) is 0.261. The van der Waals surface area contributed by atoms with E-state index in [0.29, 0.717) is 38.8 Å². The summed E-state index contributed by atoms with van der Waals surface area (Å²) in [6.07, 6.45) is 9.67. The molecule has 0 saturated heterocycles. The van der Waals surface area contributed by atoms with Gasteiger partial charge in [0.05, 0.1) is 34.2 Å². The minimum atomic E-state index is -2.86. The highest BCUT2D eigenvalue weighted by molar-refractivity contribution is 6.31. The predicted octanol–water partition coefficient (Wildman–Crippen LogP) is 3.99. The predicted molar refractivity (Wildman–Crippen MR) is 126 cm³/mol. The smallest absolute Gasteiger partial charge is 0.348 e. The van der Waals surface area contributed by atoms with Crippen molar-refractivity contribution in [1.82, 2.24) is 45.0 Å². The van der Waals surface area contributed by atoms with Gasteiger partial charge in [-0.05, 0) is 41.0 Å². The summed E-state index contributed by atoms with van der Waals surface area (Å²) in [4.78, 5) is 0.317. The van der Waals surface area contributed by atoms with Crippen molar-refractivity contribution in [1.29, 1.82) is 0 Å². The molecule has 1 atom stereocenters. The lowest BCUT2D eigenvalue weighted by Crippen LogP contribution is -2.35. The van der Waals surface area contributed by atoms with Crippen molar-refractivity contribution in [3.8, 4) is 28.1 Å². The molecule has 0 spiro atoms. The number of halogens is 4. The minimum Gasteiger partial charge on any atom is -0.618 e. The molecule has 1 aliphatic rings. The number of pyridine rings is 1. The minimum absolute atomic E-state index is 0.0724. The van der Waals surface area contributed by atoms with Crippen molar-refractivity contribution < 1.29 is 17.9 Å². The van der Waals surface area contributed by atoms with Gasteiger partial charge in [-0.2, -0.15) is 28.4 Å². The molecule has 0 aliphatic heterocycles. The number of rotatable bonds is 8. The second-order valence-corrected chi connectivity index (χ2v) is 9.32. The zero-order valence-electron chi connectivity index (χ0n) is 19.4. The monoisotopic (exact) mass is 542 g/mol. The van der Waals surface area contributed by atoms with Crippen LogP contribution in [0.15, 0.2) is 55.4 Å². The summed E-state index contributed by atoms with van der Waals surface area (Å²) in [6.45, 7) is -2.86. The van der Waals surface area contributed by atoms with Gasteiger partial charge in [-0.3, -0.25) is 4.68 Å². The van der Waals surface area contributed by atoms with Crippen LogP contribution >= 0.6 is 11.6 Å². The highest BCUT2D eigenvalue weighted by Crippen LogP contribution is 2.39. The maximum absolute atomic E-state index is 15.2. The van der Waals surface area contributed by atoms with Crippen molar-refractivity contribution in [3.63, 3.8) is 0 Å². The first kappa shape index (κ1) is 24.0. The molecular weight excluding hydrogens is 525 g/mol. The molecule has 0 radical (unpaired) electrons. The van der Waals surface area contributed by atoms with Crippen LogP contribution in [0.5, 0.6) is 0 Å². The van der Waals surface area contributed by atoms with Gasteiger partial charge in [-0.15, -0.1) is 15.0 Å². The number of hydrogen-bond donors (Lipinski definition) is 0. The average molecular weight is 543 g/mol. The van der Waals surface area contributed by atoms with Crippen LogP contribution in [-0.2, 0) is 0 Å². The van der Waals surface area contributed by atoms with E-state index in [0.717, 1.165) is 12.8 Å². The Kier molecular flexibility index (Phi) is 6.02. The number of nitrogens with zero attached hydrogens (tertiary/aromatic N) is 10. The molecule has 38 heavy (non-hydrogen) atoms. The molecule has 0 bridgehead atoms. The lowest BCUT2D eigenvalue weighted by Gasteiger charge is -2.18. The molecule has 1 aliphatic carbocycles. The van der Waals surface area contributed by atoms with Crippen LogP contribution in [0.1, 0.15) is 37.5 Å². The van der Waals surface area contributed by atoms with E-state index in [-0.39, 0.29) is 21.8 Å². The third-order valence-electron chi connectivity index (χ3n) is 6.40. The molecule has 11 nitrogen and oxygen atoms in total. The molecular formula is C23H18ClF3N10O. The summed E-state index contributed by atoms with van der Waals surface area (Å²) in [6, 6.07) is 5.75. The second-order valence-electron chi connectivity index (χ2n) is 8.91. The summed E-state index contributed by atoms with van der Waals surface area (Å²) in [5, 5.41) is 36.0. The largest absolute Gasteiger partial charge is 0.618 e. The van der Waals surface area contributed by atoms with Gasteiger partial charge in [0.25, 0.3) is 0 Å². The van der Waals surface area contributed by atoms with Crippen molar-refractivity contribution in [2.24, 2.45) is 5.92 Å². The van der Waals surface area contributed by atoms with Gasteiger partial charge in [0.2, 0.25) is 5.69 Å². The Bertz CT molecular complexity index is 1600. The number of benzene rings is 1.